The topological polar surface area (TPSA) is 38.7 Å². The van der Waals surface area contributed by atoms with Crippen LogP contribution in [0.2, 0.25) is 18.1 Å². The lowest BCUT2D eigenvalue weighted by Gasteiger charge is -2.36. The summed E-state index contributed by atoms with van der Waals surface area (Å²) in [5.74, 6) is 0.138. The Morgan fingerprint density at radius 3 is 2.19 bits per heavy atom. The maximum atomic E-state index is 13.0. The predicted octanol–water partition coefficient (Wildman–Crippen LogP) is 5.06. The van der Waals surface area contributed by atoms with Gasteiger partial charge in [0.05, 0.1) is 11.3 Å². The molecule has 0 saturated carbocycles. The molecule has 1 aromatic carbocycles. The number of halogens is 3. The van der Waals surface area contributed by atoms with Crippen LogP contribution < -0.4 is 4.43 Å². The Kier molecular flexibility index (Phi) is 4.70. The summed E-state index contributed by atoms with van der Waals surface area (Å²) in [5.41, 5.74) is -1.46. The van der Waals surface area contributed by atoms with Crippen molar-refractivity contribution in [1.82, 2.24) is 0 Å². The Morgan fingerprint density at radius 2 is 1.76 bits per heavy atom. The van der Waals surface area contributed by atoms with E-state index in [1.165, 1.54) is 6.07 Å². The van der Waals surface area contributed by atoms with E-state index in [9.17, 15) is 18.0 Å². The monoisotopic (exact) mass is 317 g/mol. The number of isocyanates is 1. The maximum Gasteiger partial charge on any atom is 0.418 e. The van der Waals surface area contributed by atoms with Gasteiger partial charge in [0, 0.05) is 0 Å². The molecule has 0 bridgehead atoms. The average Bonchev–Trinajstić information content (AvgIpc) is 2.28. The summed E-state index contributed by atoms with van der Waals surface area (Å²) in [6.45, 7) is 9.87. The first-order valence-electron chi connectivity index (χ1n) is 6.36. The van der Waals surface area contributed by atoms with Crippen LogP contribution in [-0.4, -0.2) is 14.4 Å². The molecule has 0 saturated heterocycles. The molecule has 1 aromatic rings. The van der Waals surface area contributed by atoms with Crippen molar-refractivity contribution in [3.8, 4) is 5.75 Å². The van der Waals surface area contributed by atoms with Crippen LogP contribution in [0, 0.1) is 0 Å². The Labute approximate surface area is 123 Å². The lowest BCUT2D eigenvalue weighted by atomic mass is 10.1. The van der Waals surface area contributed by atoms with Crippen LogP contribution in [0.4, 0.5) is 18.9 Å². The van der Waals surface area contributed by atoms with Gasteiger partial charge in [0.1, 0.15) is 5.75 Å². The van der Waals surface area contributed by atoms with Crippen molar-refractivity contribution in [2.75, 3.05) is 0 Å². The molecule has 0 aliphatic carbocycles. The second-order valence-corrected chi connectivity index (χ2v) is 11.0. The minimum atomic E-state index is -4.61. The third kappa shape index (κ3) is 4.19. The molecule has 3 nitrogen and oxygen atoms in total. The molecule has 0 aromatic heterocycles. The first kappa shape index (κ1) is 17.5. The van der Waals surface area contributed by atoms with Crippen LogP contribution in [0.3, 0.4) is 0 Å². The quantitative estimate of drug-likeness (QED) is 0.444. The van der Waals surface area contributed by atoms with Crippen LogP contribution in [0.1, 0.15) is 26.3 Å². The van der Waals surface area contributed by atoms with Gasteiger partial charge in [-0.2, -0.15) is 18.2 Å². The molecule has 0 N–H and O–H groups in total. The number of carbonyl (C=O) groups excluding carboxylic acids is 1. The highest BCUT2D eigenvalue weighted by molar-refractivity contribution is 6.74. The molecule has 0 atom stereocenters. The summed E-state index contributed by atoms with van der Waals surface area (Å²) in [4.78, 5) is 13.3. The van der Waals surface area contributed by atoms with Gasteiger partial charge in [0.25, 0.3) is 0 Å². The van der Waals surface area contributed by atoms with Crippen LogP contribution in [-0.2, 0) is 11.0 Å². The zero-order valence-corrected chi connectivity index (χ0v) is 13.6. The van der Waals surface area contributed by atoms with E-state index in [0.717, 1.165) is 18.2 Å². The van der Waals surface area contributed by atoms with Gasteiger partial charge in [-0.15, -0.1) is 0 Å². The summed E-state index contributed by atoms with van der Waals surface area (Å²) < 4.78 is 44.8. The minimum Gasteiger partial charge on any atom is -0.543 e. The standard InChI is InChI=1S/C14H18F3NO2Si/c1-13(2,3)21(4,5)20-10-6-7-12(18-9-19)11(8-10)14(15,16)17/h6-8H,1-5H3. The molecule has 0 amide bonds. The molecular weight excluding hydrogens is 299 g/mol. The van der Waals surface area contributed by atoms with E-state index in [1.807, 2.05) is 33.9 Å². The third-order valence-electron chi connectivity index (χ3n) is 3.62. The van der Waals surface area contributed by atoms with Gasteiger partial charge in [0.2, 0.25) is 14.4 Å². The van der Waals surface area contributed by atoms with Gasteiger partial charge in [-0.3, -0.25) is 0 Å². The highest BCUT2D eigenvalue weighted by Crippen LogP contribution is 2.41. The van der Waals surface area contributed by atoms with Crippen molar-refractivity contribution in [3.63, 3.8) is 0 Å². The van der Waals surface area contributed by atoms with Crippen LogP contribution in [0.25, 0.3) is 0 Å². The molecule has 7 heteroatoms. The average molecular weight is 317 g/mol. The van der Waals surface area contributed by atoms with E-state index >= 15 is 0 Å². The molecule has 0 spiro atoms. The molecule has 0 heterocycles. The van der Waals surface area contributed by atoms with E-state index in [-0.39, 0.29) is 10.8 Å². The Balaban J connectivity index is 3.27. The van der Waals surface area contributed by atoms with Crippen molar-refractivity contribution >= 4 is 20.1 Å². The van der Waals surface area contributed by atoms with Gasteiger partial charge in [0.15, 0.2) is 0 Å². The number of alkyl halides is 3. The lowest BCUT2D eigenvalue weighted by Crippen LogP contribution is -2.43. The summed E-state index contributed by atoms with van der Waals surface area (Å²) in [7, 11) is -2.24. The number of aliphatic imine (C=N–C) groups is 1. The van der Waals surface area contributed by atoms with Crippen LogP contribution in [0.5, 0.6) is 5.75 Å². The molecule has 0 radical (unpaired) electrons. The summed E-state index contributed by atoms with van der Waals surface area (Å²) in [5, 5.41) is -0.134. The molecule has 116 valence electrons. The van der Waals surface area contributed by atoms with Crippen molar-refractivity contribution in [3.05, 3.63) is 23.8 Å². The van der Waals surface area contributed by atoms with Crippen LogP contribution >= 0.6 is 0 Å². The Morgan fingerprint density at radius 1 is 1.19 bits per heavy atom. The second-order valence-electron chi connectivity index (χ2n) is 6.24. The van der Waals surface area contributed by atoms with E-state index in [0.29, 0.717) is 0 Å². The van der Waals surface area contributed by atoms with Gasteiger partial charge >= 0.3 is 6.18 Å². The third-order valence-corrected chi connectivity index (χ3v) is 7.98. The van der Waals surface area contributed by atoms with Crippen LogP contribution in [0.15, 0.2) is 23.2 Å². The zero-order valence-electron chi connectivity index (χ0n) is 12.6. The van der Waals surface area contributed by atoms with Crippen molar-refractivity contribution in [1.29, 1.82) is 0 Å². The second kappa shape index (κ2) is 5.65. The van der Waals surface area contributed by atoms with E-state index in [1.54, 1.807) is 0 Å². The number of nitrogens with zero attached hydrogens (tertiary/aromatic N) is 1. The van der Waals surface area contributed by atoms with E-state index in [4.69, 9.17) is 4.43 Å². The van der Waals surface area contributed by atoms with E-state index in [2.05, 4.69) is 4.99 Å². The highest BCUT2D eigenvalue weighted by atomic mass is 28.4. The SMILES string of the molecule is CC(C)(C)[Si](C)(C)Oc1ccc(N=C=O)c(C(F)(F)F)c1. The zero-order chi connectivity index (χ0) is 16.5. The number of hydrogen-bond donors (Lipinski definition) is 0. The van der Waals surface area contributed by atoms with Gasteiger partial charge < -0.3 is 4.43 Å². The smallest absolute Gasteiger partial charge is 0.418 e. The predicted molar refractivity (Wildman–Crippen MR) is 77.1 cm³/mol. The highest BCUT2D eigenvalue weighted by Gasteiger charge is 2.40. The van der Waals surface area contributed by atoms with Crippen molar-refractivity contribution < 1.29 is 22.4 Å². The molecule has 0 unspecified atom stereocenters. The fourth-order valence-corrected chi connectivity index (χ4v) is 2.42. The van der Waals surface area contributed by atoms with Gasteiger partial charge in [-0.1, -0.05) is 20.8 Å². The normalized spacial score (nSPS) is 12.8. The molecule has 21 heavy (non-hydrogen) atoms. The lowest BCUT2D eigenvalue weighted by molar-refractivity contribution is -0.137. The first-order valence-corrected chi connectivity index (χ1v) is 9.27. The maximum absolute atomic E-state index is 13.0. The van der Waals surface area contributed by atoms with Crippen molar-refractivity contribution in [2.45, 2.75) is 45.1 Å². The molecular formula is C14H18F3NO2Si. The number of rotatable bonds is 3. The Bertz CT molecular complexity index is 571. The summed E-state index contributed by atoms with van der Waals surface area (Å²) in [6.07, 6.45) is -3.48. The van der Waals surface area contributed by atoms with Crippen molar-refractivity contribution in [2.24, 2.45) is 4.99 Å². The fourth-order valence-electron chi connectivity index (χ4n) is 1.40. The minimum absolute atomic E-state index is 0.134. The van der Waals surface area contributed by atoms with Gasteiger partial charge in [-0.05, 0) is 36.3 Å². The Hall–Kier alpha value is -1.59. The number of hydrogen-bond acceptors (Lipinski definition) is 3. The molecule has 0 aliphatic heterocycles. The largest absolute Gasteiger partial charge is 0.543 e. The summed E-state index contributed by atoms with van der Waals surface area (Å²) >= 11 is 0. The molecule has 0 aliphatic rings. The summed E-state index contributed by atoms with van der Waals surface area (Å²) in [6, 6.07) is 3.40. The first-order chi connectivity index (χ1) is 9.38. The number of benzene rings is 1. The molecule has 0 fully saturated rings. The van der Waals surface area contributed by atoms with Gasteiger partial charge in [-0.25, -0.2) is 4.79 Å². The molecule has 1 rings (SSSR count). The fraction of sp³-hybridized carbons (Fsp3) is 0.500. The van der Waals surface area contributed by atoms with E-state index < -0.39 is 25.7 Å².